The fraction of sp³-hybridized carbons (Fsp3) is 0.308. The Morgan fingerprint density at radius 3 is 2.67 bits per heavy atom. The number of amides is 1. The van der Waals surface area contributed by atoms with Crippen LogP contribution in [-0.2, 0) is 4.79 Å². The van der Waals surface area contributed by atoms with Crippen LogP contribution in [0, 0.1) is 0 Å². The van der Waals surface area contributed by atoms with Crippen molar-refractivity contribution < 1.29 is 14.6 Å². The quantitative estimate of drug-likeness (QED) is 0.556. The van der Waals surface area contributed by atoms with Crippen LogP contribution < -0.4 is 15.4 Å². The van der Waals surface area contributed by atoms with Crippen molar-refractivity contribution in [3.8, 4) is 11.5 Å². The highest BCUT2D eigenvalue weighted by Crippen LogP contribution is 2.28. The maximum absolute atomic E-state index is 11.9. The number of benzene rings is 1. The molecular formula is C13H16N2O3. The number of anilines is 1. The zero-order valence-electron chi connectivity index (χ0n) is 10.4. The third kappa shape index (κ3) is 2.46. The van der Waals surface area contributed by atoms with Crippen molar-refractivity contribution in [3.05, 3.63) is 29.3 Å². The van der Waals surface area contributed by atoms with Crippen LogP contribution in [0.3, 0.4) is 0 Å². The first kappa shape index (κ1) is 12.4. The Bertz CT molecular complexity index is 503. The molecule has 1 aromatic carbocycles. The largest absolute Gasteiger partial charge is 0.506 e. The van der Waals surface area contributed by atoms with Crippen molar-refractivity contribution in [2.75, 3.05) is 25.5 Å². The molecule has 1 amide bonds. The van der Waals surface area contributed by atoms with Gasteiger partial charge >= 0.3 is 0 Å². The number of carbonyl (C=O) groups is 1. The molecule has 0 spiro atoms. The molecular weight excluding hydrogens is 232 g/mol. The Hall–Kier alpha value is -2.01. The Kier molecular flexibility index (Phi) is 3.53. The standard InChI is InChI=1S/C13H16N2O3/c1-8(9-6-14-7-9)13(17)15-11-4-3-10(18-2)5-12(11)16/h3-5,14,16H,6-7H2,1-2H3,(H,15,17). The van der Waals surface area contributed by atoms with Crippen LogP contribution >= 0.6 is 0 Å². The Morgan fingerprint density at radius 2 is 2.17 bits per heavy atom. The number of phenolic OH excluding ortho intramolecular Hbond substituents is 1. The minimum atomic E-state index is -0.188. The first-order valence-electron chi connectivity index (χ1n) is 5.69. The van der Waals surface area contributed by atoms with Gasteiger partial charge in [-0.1, -0.05) is 0 Å². The van der Waals surface area contributed by atoms with E-state index in [1.165, 1.54) is 13.2 Å². The van der Waals surface area contributed by atoms with E-state index in [2.05, 4.69) is 10.6 Å². The molecule has 2 rings (SSSR count). The minimum absolute atomic E-state index is 0.00719. The van der Waals surface area contributed by atoms with Gasteiger partial charge in [0.2, 0.25) is 0 Å². The zero-order valence-corrected chi connectivity index (χ0v) is 10.4. The van der Waals surface area contributed by atoms with Crippen molar-refractivity contribution >= 4 is 11.6 Å². The number of methoxy groups -OCH3 is 1. The van der Waals surface area contributed by atoms with Gasteiger partial charge < -0.3 is 20.5 Å². The molecule has 0 radical (unpaired) electrons. The van der Waals surface area contributed by atoms with Gasteiger partial charge in [0.1, 0.15) is 11.5 Å². The Morgan fingerprint density at radius 1 is 1.44 bits per heavy atom. The van der Waals surface area contributed by atoms with Gasteiger partial charge in [0.25, 0.3) is 5.91 Å². The van der Waals surface area contributed by atoms with E-state index in [9.17, 15) is 9.90 Å². The molecule has 3 N–H and O–H groups in total. The summed E-state index contributed by atoms with van der Waals surface area (Å²) < 4.78 is 4.98. The topological polar surface area (TPSA) is 70.6 Å². The summed E-state index contributed by atoms with van der Waals surface area (Å²) in [6, 6.07) is 4.76. The normalized spacial score (nSPS) is 13.8. The van der Waals surface area contributed by atoms with Gasteiger partial charge in [0, 0.05) is 24.7 Å². The number of carbonyl (C=O) groups excluding carboxylic acids is 1. The van der Waals surface area contributed by atoms with Crippen LogP contribution in [0.25, 0.3) is 0 Å². The molecule has 0 atom stereocenters. The van der Waals surface area contributed by atoms with E-state index < -0.39 is 0 Å². The van der Waals surface area contributed by atoms with Crippen molar-refractivity contribution in [2.24, 2.45) is 0 Å². The summed E-state index contributed by atoms with van der Waals surface area (Å²) in [7, 11) is 1.52. The first-order valence-corrected chi connectivity index (χ1v) is 5.69. The molecule has 0 unspecified atom stereocenters. The summed E-state index contributed by atoms with van der Waals surface area (Å²) in [5.74, 6) is 0.350. The highest BCUT2D eigenvalue weighted by molar-refractivity contribution is 6.04. The van der Waals surface area contributed by atoms with Crippen molar-refractivity contribution in [1.29, 1.82) is 0 Å². The van der Waals surface area contributed by atoms with Crippen molar-refractivity contribution in [2.45, 2.75) is 6.92 Å². The summed E-state index contributed by atoms with van der Waals surface area (Å²) in [5.41, 5.74) is 2.18. The predicted molar refractivity (Wildman–Crippen MR) is 68.9 cm³/mol. The van der Waals surface area contributed by atoms with E-state index in [0.29, 0.717) is 17.0 Å². The summed E-state index contributed by atoms with van der Waals surface area (Å²) in [5, 5.41) is 15.5. The number of hydrogen-bond donors (Lipinski definition) is 3. The lowest BCUT2D eigenvalue weighted by Gasteiger charge is -2.21. The molecule has 0 aliphatic carbocycles. The van der Waals surface area contributed by atoms with Crippen molar-refractivity contribution in [1.82, 2.24) is 5.32 Å². The van der Waals surface area contributed by atoms with E-state index >= 15 is 0 Å². The maximum Gasteiger partial charge on any atom is 0.251 e. The molecule has 0 bridgehead atoms. The van der Waals surface area contributed by atoms with Crippen LogP contribution in [-0.4, -0.2) is 31.2 Å². The van der Waals surface area contributed by atoms with Crippen LogP contribution in [0.5, 0.6) is 11.5 Å². The first-order chi connectivity index (χ1) is 8.61. The highest BCUT2D eigenvalue weighted by atomic mass is 16.5. The van der Waals surface area contributed by atoms with E-state index in [0.717, 1.165) is 18.7 Å². The molecule has 5 nitrogen and oxygen atoms in total. The van der Waals surface area contributed by atoms with Gasteiger partial charge in [-0.3, -0.25) is 4.79 Å². The number of rotatable bonds is 3. The van der Waals surface area contributed by atoms with Crippen molar-refractivity contribution in [3.63, 3.8) is 0 Å². The average Bonchev–Trinajstić information content (AvgIpc) is 2.29. The van der Waals surface area contributed by atoms with Gasteiger partial charge in [-0.05, 0) is 24.6 Å². The third-order valence-electron chi connectivity index (χ3n) is 3.00. The molecule has 1 saturated heterocycles. The summed E-state index contributed by atoms with van der Waals surface area (Å²) in [4.78, 5) is 11.9. The zero-order chi connectivity index (χ0) is 13.1. The lowest BCUT2D eigenvalue weighted by molar-refractivity contribution is -0.112. The molecule has 1 fully saturated rings. The predicted octanol–water partition coefficient (Wildman–Crippen LogP) is 1.26. The average molecular weight is 248 g/mol. The lowest BCUT2D eigenvalue weighted by atomic mass is 10.0. The molecule has 1 aliphatic rings. The fourth-order valence-electron chi connectivity index (χ4n) is 1.64. The van der Waals surface area contributed by atoms with E-state index in [4.69, 9.17) is 4.74 Å². The second kappa shape index (κ2) is 5.10. The number of aromatic hydroxyl groups is 1. The Labute approximate surface area is 105 Å². The van der Waals surface area contributed by atoms with Gasteiger partial charge in [-0.25, -0.2) is 0 Å². The van der Waals surface area contributed by atoms with E-state index in [1.54, 1.807) is 19.1 Å². The summed E-state index contributed by atoms with van der Waals surface area (Å²) >= 11 is 0. The molecule has 18 heavy (non-hydrogen) atoms. The number of phenols is 1. The van der Waals surface area contributed by atoms with Gasteiger partial charge in [0.05, 0.1) is 12.8 Å². The van der Waals surface area contributed by atoms with E-state index in [1.807, 2.05) is 0 Å². The van der Waals surface area contributed by atoms with Gasteiger partial charge in [-0.15, -0.1) is 0 Å². The number of ether oxygens (including phenoxy) is 1. The smallest absolute Gasteiger partial charge is 0.251 e. The summed E-state index contributed by atoms with van der Waals surface area (Å²) in [6.45, 7) is 3.30. The molecule has 0 saturated carbocycles. The second-order valence-electron chi connectivity index (χ2n) is 4.17. The highest BCUT2D eigenvalue weighted by Gasteiger charge is 2.17. The SMILES string of the molecule is COc1ccc(NC(=O)C(C)=C2CNC2)c(O)c1. The maximum atomic E-state index is 11.9. The van der Waals surface area contributed by atoms with Crippen LogP contribution in [0.15, 0.2) is 29.3 Å². The molecule has 0 aromatic heterocycles. The van der Waals surface area contributed by atoms with Gasteiger partial charge in [0.15, 0.2) is 0 Å². The fourth-order valence-corrected chi connectivity index (χ4v) is 1.64. The molecule has 96 valence electrons. The summed E-state index contributed by atoms with van der Waals surface area (Å²) in [6.07, 6.45) is 0. The number of nitrogens with one attached hydrogen (secondary N) is 2. The molecule has 1 aliphatic heterocycles. The third-order valence-corrected chi connectivity index (χ3v) is 3.00. The van der Waals surface area contributed by atoms with Crippen LogP contribution in [0.2, 0.25) is 0 Å². The van der Waals surface area contributed by atoms with E-state index in [-0.39, 0.29) is 11.7 Å². The second-order valence-corrected chi connectivity index (χ2v) is 4.17. The minimum Gasteiger partial charge on any atom is -0.506 e. The van der Waals surface area contributed by atoms with Crippen LogP contribution in [0.1, 0.15) is 6.92 Å². The molecule has 5 heteroatoms. The number of hydrogen-bond acceptors (Lipinski definition) is 4. The monoisotopic (exact) mass is 248 g/mol. The van der Waals surface area contributed by atoms with Gasteiger partial charge in [-0.2, -0.15) is 0 Å². The lowest BCUT2D eigenvalue weighted by Crippen LogP contribution is -2.36. The van der Waals surface area contributed by atoms with Crippen LogP contribution in [0.4, 0.5) is 5.69 Å². The molecule has 1 heterocycles. The molecule has 1 aromatic rings. The Balaban J connectivity index is 2.12.